The van der Waals surface area contributed by atoms with Crippen LogP contribution < -0.4 is 4.74 Å². The number of benzene rings is 2. The SMILES string of the molecule is COc1ccc(-c2cccc(O)c2)cc1C12CC3CC(CC(C3)C1)C2. The Bertz CT molecular complexity index is 772. The largest absolute Gasteiger partial charge is 0.508 e. The number of phenols is 1. The summed E-state index contributed by atoms with van der Waals surface area (Å²) in [6.07, 6.45) is 8.35. The van der Waals surface area contributed by atoms with Crippen LogP contribution in [0.3, 0.4) is 0 Å². The summed E-state index contributed by atoms with van der Waals surface area (Å²) in [7, 11) is 1.80. The molecule has 6 rings (SSSR count). The molecule has 0 atom stereocenters. The lowest BCUT2D eigenvalue weighted by Crippen LogP contribution is -2.48. The highest BCUT2D eigenvalue weighted by Gasteiger charge is 2.52. The predicted octanol–water partition coefficient (Wildman–Crippen LogP) is 5.54. The first-order valence-electron chi connectivity index (χ1n) is 9.63. The molecule has 2 nitrogen and oxygen atoms in total. The Morgan fingerprint density at radius 2 is 1.52 bits per heavy atom. The predicted molar refractivity (Wildman–Crippen MR) is 99.9 cm³/mol. The lowest BCUT2D eigenvalue weighted by atomic mass is 9.48. The molecule has 2 aromatic carbocycles. The number of hydrogen-bond donors (Lipinski definition) is 1. The molecule has 0 amide bonds. The van der Waals surface area contributed by atoms with Gasteiger partial charge in [-0.1, -0.05) is 18.2 Å². The van der Waals surface area contributed by atoms with Crippen molar-refractivity contribution in [2.24, 2.45) is 17.8 Å². The second-order valence-electron chi connectivity index (χ2n) is 8.66. The minimum absolute atomic E-state index is 0.312. The molecule has 0 unspecified atom stereocenters. The smallest absolute Gasteiger partial charge is 0.122 e. The van der Waals surface area contributed by atoms with Crippen LogP contribution in [0.25, 0.3) is 11.1 Å². The molecule has 4 fully saturated rings. The Labute approximate surface area is 149 Å². The van der Waals surface area contributed by atoms with Gasteiger partial charge in [0, 0.05) is 5.56 Å². The maximum atomic E-state index is 9.85. The van der Waals surface area contributed by atoms with Gasteiger partial charge in [0.2, 0.25) is 0 Å². The quantitative estimate of drug-likeness (QED) is 0.799. The fraction of sp³-hybridized carbons (Fsp3) is 0.478. The summed E-state index contributed by atoms with van der Waals surface area (Å²) in [4.78, 5) is 0. The molecule has 4 aliphatic carbocycles. The fourth-order valence-electron chi connectivity index (χ4n) is 6.43. The minimum atomic E-state index is 0.312. The van der Waals surface area contributed by atoms with Gasteiger partial charge in [0.15, 0.2) is 0 Å². The average molecular weight is 334 g/mol. The summed E-state index contributed by atoms with van der Waals surface area (Å²) in [5.41, 5.74) is 3.98. The Hall–Kier alpha value is -1.96. The number of rotatable bonds is 3. The third-order valence-electron chi connectivity index (χ3n) is 6.99. The van der Waals surface area contributed by atoms with E-state index in [1.165, 1.54) is 49.7 Å². The monoisotopic (exact) mass is 334 g/mol. The average Bonchev–Trinajstić information content (AvgIpc) is 2.60. The lowest BCUT2D eigenvalue weighted by molar-refractivity contribution is -0.00613. The van der Waals surface area contributed by atoms with Crippen LogP contribution in [-0.2, 0) is 5.41 Å². The number of phenolic OH excluding ortho intramolecular Hbond substituents is 1. The molecular formula is C23H26O2. The molecule has 0 radical (unpaired) electrons. The highest BCUT2D eigenvalue weighted by molar-refractivity contribution is 5.68. The second-order valence-corrected chi connectivity index (χ2v) is 8.66. The molecule has 2 heteroatoms. The second kappa shape index (κ2) is 5.52. The maximum Gasteiger partial charge on any atom is 0.122 e. The van der Waals surface area contributed by atoms with Crippen molar-refractivity contribution in [2.45, 2.75) is 43.9 Å². The number of ether oxygens (including phenoxy) is 1. The first kappa shape index (κ1) is 15.3. The molecule has 0 aromatic heterocycles. The fourth-order valence-corrected chi connectivity index (χ4v) is 6.43. The van der Waals surface area contributed by atoms with E-state index in [0.29, 0.717) is 11.2 Å². The van der Waals surface area contributed by atoms with Gasteiger partial charge in [-0.25, -0.2) is 0 Å². The van der Waals surface area contributed by atoms with Gasteiger partial charge < -0.3 is 9.84 Å². The molecular weight excluding hydrogens is 308 g/mol. The normalized spacial score (nSPS) is 32.8. The van der Waals surface area contributed by atoms with Crippen molar-refractivity contribution < 1.29 is 9.84 Å². The first-order chi connectivity index (χ1) is 12.1. The van der Waals surface area contributed by atoms with Gasteiger partial charge in [-0.05, 0) is 97.1 Å². The van der Waals surface area contributed by atoms with Crippen molar-refractivity contribution in [2.75, 3.05) is 7.11 Å². The maximum absolute atomic E-state index is 9.85. The van der Waals surface area contributed by atoms with Crippen LogP contribution in [0.5, 0.6) is 11.5 Å². The van der Waals surface area contributed by atoms with E-state index in [-0.39, 0.29) is 0 Å². The van der Waals surface area contributed by atoms with Gasteiger partial charge in [0.25, 0.3) is 0 Å². The molecule has 0 spiro atoms. The molecule has 0 saturated heterocycles. The Balaban J connectivity index is 1.61. The third-order valence-corrected chi connectivity index (χ3v) is 6.99. The van der Waals surface area contributed by atoms with E-state index in [1.54, 1.807) is 13.2 Å². The highest BCUT2D eigenvalue weighted by Crippen LogP contribution is 2.62. The van der Waals surface area contributed by atoms with Crippen molar-refractivity contribution in [1.82, 2.24) is 0 Å². The molecule has 0 heterocycles. The summed E-state index contributed by atoms with van der Waals surface area (Å²) in [6, 6.07) is 14.2. The molecule has 0 aliphatic heterocycles. The van der Waals surface area contributed by atoms with Crippen molar-refractivity contribution in [3.63, 3.8) is 0 Å². The Kier molecular flexibility index (Phi) is 3.38. The van der Waals surface area contributed by atoms with Gasteiger partial charge in [0.1, 0.15) is 11.5 Å². The Morgan fingerprint density at radius 3 is 2.12 bits per heavy atom. The molecule has 4 bridgehead atoms. The van der Waals surface area contributed by atoms with Crippen LogP contribution in [0, 0.1) is 17.8 Å². The summed E-state index contributed by atoms with van der Waals surface area (Å²) < 4.78 is 5.80. The minimum Gasteiger partial charge on any atom is -0.508 e. The summed E-state index contributed by atoms with van der Waals surface area (Å²) >= 11 is 0. The zero-order valence-corrected chi connectivity index (χ0v) is 14.9. The van der Waals surface area contributed by atoms with Gasteiger partial charge in [-0.3, -0.25) is 0 Å². The molecule has 1 N–H and O–H groups in total. The van der Waals surface area contributed by atoms with E-state index in [1.807, 2.05) is 12.1 Å². The number of hydrogen-bond acceptors (Lipinski definition) is 2. The molecule has 130 valence electrons. The standard InChI is InChI=1S/C23H26O2/c1-25-22-6-5-19(18-3-2-4-20(24)10-18)11-21(22)23-12-15-7-16(13-23)9-17(8-15)14-23/h2-6,10-11,15-17,24H,7-9,12-14H2,1H3. The molecule has 4 saturated carbocycles. The zero-order valence-electron chi connectivity index (χ0n) is 14.9. The van der Waals surface area contributed by atoms with E-state index in [2.05, 4.69) is 24.3 Å². The lowest BCUT2D eigenvalue weighted by Gasteiger charge is -2.57. The van der Waals surface area contributed by atoms with Crippen LogP contribution in [-0.4, -0.2) is 12.2 Å². The van der Waals surface area contributed by atoms with Gasteiger partial charge in [-0.15, -0.1) is 0 Å². The van der Waals surface area contributed by atoms with E-state index < -0.39 is 0 Å². The molecule has 2 aromatic rings. The van der Waals surface area contributed by atoms with E-state index in [0.717, 1.165) is 29.1 Å². The van der Waals surface area contributed by atoms with Crippen molar-refractivity contribution >= 4 is 0 Å². The Morgan fingerprint density at radius 1 is 0.880 bits per heavy atom. The van der Waals surface area contributed by atoms with E-state index >= 15 is 0 Å². The number of aromatic hydroxyl groups is 1. The van der Waals surface area contributed by atoms with Crippen molar-refractivity contribution in [1.29, 1.82) is 0 Å². The van der Waals surface area contributed by atoms with Crippen LogP contribution in [0.2, 0.25) is 0 Å². The highest BCUT2D eigenvalue weighted by atomic mass is 16.5. The van der Waals surface area contributed by atoms with Crippen molar-refractivity contribution in [3.8, 4) is 22.6 Å². The third kappa shape index (κ3) is 2.46. The van der Waals surface area contributed by atoms with Crippen LogP contribution in [0.1, 0.15) is 44.1 Å². The number of methoxy groups -OCH3 is 1. The zero-order chi connectivity index (χ0) is 17.0. The van der Waals surface area contributed by atoms with Gasteiger partial charge >= 0.3 is 0 Å². The summed E-state index contributed by atoms with van der Waals surface area (Å²) in [5, 5.41) is 9.85. The van der Waals surface area contributed by atoms with Crippen LogP contribution in [0.4, 0.5) is 0 Å². The summed E-state index contributed by atoms with van der Waals surface area (Å²) in [5.74, 6) is 4.12. The van der Waals surface area contributed by atoms with Gasteiger partial charge in [-0.2, -0.15) is 0 Å². The molecule has 4 aliphatic rings. The van der Waals surface area contributed by atoms with Crippen LogP contribution >= 0.6 is 0 Å². The summed E-state index contributed by atoms with van der Waals surface area (Å²) in [6.45, 7) is 0. The van der Waals surface area contributed by atoms with E-state index in [9.17, 15) is 5.11 Å². The molecule has 25 heavy (non-hydrogen) atoms. The first-order valence-corrected chi connectivity index (χ1v) is 9.63. The van der Waals surface area contributed by atoms with Crippen molar-refractivity contribution in [3.05, 3.63) is 48.0 Å². The van der Waals surface area contributed by atoms with E-state index in [4.69, 9.17) is 4.74 Å². The van der Waals surface area contributed by atoms with Crippen LogP contribution in [0.15, 0.2) is 42.5 Å². The van der Waals surface area contributed by atoms with Gasteiger partial charge in [0.05, 0.1) is 7.11 Å². The topological polar surface area (TPSA) is 29.5 Å².